The van der Waals surface area contributed by atoms with Crippen molar-refractivity contribution in [2.45, 2.75) is 0 Å². The minimum absolute atomic E-state index is 0.308. The van der Waals surface area contributed by atoms with Crippen LogP contribution in [0.3, 0.4) is 0 Å². The van der Waals surface area contributed by atoms with Crippen molar-refractivity contribution in [3.05, 3.63) is 89.0 Å². The number of rotatable bonds is 4. The summed E-state index contributed by atoms with van der Waals surface area (Å²) in [6.07, 6.45) is 4.71. The first-order valence-electron chi connectivity index (χ1n) is 7.30. The average molecular weight is 333 g/mol. The lowest BCUT2D eigenvalue weighted by Crippen LogP contribution is -2.14. The Kier molecular flexibility index (Phi) is 4.90. The SMILES string of the molecule is O=C(/C=C/c1ccc(Cl)cc1)N/N=C\c1cc#cc2ccccc12. The van der Waals surface area contributed by atoms with Crippen LogP contribution in [0.1, 0.15) is 11.1 Å². The molecule has 3 nitrogen and oxygen atoms in total. The number of nitrogens with zero attached hydrogens (tertiary/aromatic N) is 1. The number of fused-ring (bicyclic) bond motifs is 1. The van der Waals surface area contributed by atoms with Crippen LogP contribution in [0.2, 0.25) is 5.02 Å². The molecule has 0 aliphatic rings. The predicted octanol–water partition coefficient (Wildman–Crippen LogP) is 4.26. The highest BCUT2D eigenvalue weighted by molar-refractivity contribution is 6.30. The molecule has 0 aliphatic heterocycles. The second-order valence-electron chi connectivity index (χ2n) is 5.03. The molecule has 24 heavy (non-hydrogen) atoms. The first kappa shape index (κ1) is 15.8. The van der Waals surface area contributed by atoms with Crippen LogP contribution in [0.5, 0.6) is 0 Å². The van der Waals surface area contributed by atoms with Crippen molar-refractivity contribution in [2.75, 3.05) is 0 Å². The Morgan fingerprint density at radius 3 is 2.75 bits per heavy atom. The molecule has 0 aromatic heterocycles. The predicted molar refractivity (Wildman–Crippen MR) is 97.8 cm³/mol. The zero-order valence-corrected chi connectivity index (χ0v) is 13.4. The molecule has 3 aromatic rings. The van der Waals surface area contributed by atoms with Gasteiger partial charge in [-0.3, -0.25) is 4.79 Å². The van der Waals surface area contributed by atoms with Gasteiger partial charge < -0.3 is 0 Å². The van der Waals surface area contributed by atoms with Crippen LogP contribution < -0.4 is 5.43 Å². The molecule has 0 bridgehead atoms. The number of benzene rings is 2. The number of hydrogen-bond donors (Lipinski definition) is 1. The van der Waals surface area contributed by atoms with Gasteiger partial charge in [-0.05, 0) is 41.3 Å². The minimum atomic E-state index is -0.308. The van der Waals surface area contributed by atoms with Crippen LogP contribution >= 0.6 is 11.6 Å². The summed E-state index contributed by atoms with van der Waals surface area (Å²) in [7, 11) is 0. The Morgan fingerprint density at radius 1 is 1.12 bits per heavy atom. The summed E-state index contributed by atoms with van der Waals surface area (Å²) in [5, 5.41) is 6.60. The fourth-order valence-electron chi connectivity index (χ4n) is 2.17. The highest BCUT2D eigenvalue weighted by Gasteiger charge is 1.97. The van der Waals surface area contributed by atoms with E-state index in [9.17, 15) is 4.79 Å². The van der Waals surface area contributed by atoms with Gasteiger partial charge in [0.05, 0.1) is 6.21 Å². The lowest BCUT2D eigenvalue weighted by Gasteiger charge is -1.98. The van der Waals surface area contributed by atoms with Crippen LogP contribution in [0, 0.1) is 12.1 Å². The molecule has 0 atom stereocenters. The summed E-state index contributed by atoms with van der Waals surface area (Å²) in [5.41, 5.74) is 4.22. The minimum Gasteiger partial charge on any atom is -0.268 e. The maximum absolute atomic E-state index is 11.8. The lowest BCUT2D eigenvalue weighted by atomic mass is 10.1. The Bertz CT molecular complexity index is 909. The lowest BCUT2D eigenvalue weighted by molar-refractivity contribution is -0.116. The summed E-state index contributed by atoms with van der Waals surface area (Å²) in [6.45, 7) is 0. The van der Waals surface area contributed by atoms with Gasteiger partial charge in [0.1, 0.15) is 0 Å². The molecule has 1 N–H and O–H groups in total. The quantitative estimate of drug-likeness (QED) is 0.433. The third kappa shape index (κ3) is 4.01. The van der Waals surface area contributed by atoms with E-state index < -0.39 is 0 Å². The monoisotopic (exact) mass is 332 g/mol. The number of nitrogens with one attached hydrogen (secondary N) is 1. The van der Waals surface area contributed by atoms with Gasteiger partial charge >= 0.3 is 0 Å². The molecule has 1 amide bonds. The Labute approximate surface area is 145 Å². The third-order valence-electron chi connectivity index (χ3n) is 3.35. The largest absolute Gasteiger partial charge is 0.268 e. The van der Waals surface area contributed by atoms with Crippen LogP contribution in [0.4, 0.5) is 0 Å². The van der Waals surface area contributed by atoms with Gasteiger partial charge in [-0.1, -0.05) is 54.1 Å². The van der Waals surface area contributed by atoms with Gasteiger partial charge in [-0.15, -0.1) is 0 Å². The van der Waals surface area contributed by atoms with Crippen molar-refractivity contribution < 1.29 is 4.79 Å². The Balaban J connectivity index is 1.65. The van der Waals surface area contributed by atoms with Gasteiger partial charge in [-0.25, -0.2) is 5.43 Å². The fourth-order valence-corrected chi connectivity index (χ4v) is 2.29. The Hall–Kier alpha value is -3.09. The van der Waals surface area contributed by atoms with Gasteiger partial charge in [-0.2, -0.15) is 5.10 Å². The van der Waals surface area contributed by atoms with Crippen LogP contribution in [0.15, 0.2) is 65.8 Å². The molecule has 0 unspecified atom stereocenters. The van der Waals surface area contributed by atoms with Gasteiger partial charge in [0.25, 0.3) is 5.91 Å². The summed E-state index contributed by atoms with van der Waals surface area (Å²) in [5.74, 6) is -0.308. The molecule has 0 saturated heterocycles. The molecule has 116 valence electrons. The van der Waals surface area contributed by atoms with E-state index in [4.69, 9.17) is 11.6 Å². The van der Waals surface area contributed by atoms with Crippen molar-refractivity contribution >= 4 is 40.6 Å². The van der Waals surface area contributed by atoms with Crippen molar-refractivity contribution in [2.24, 2.45) is 5.10 Å². The number of hydrogen-bond acceptors (Lipinski definition) is 2. The summed E-state index contributed by atoms with van der Waals surface area (Å²) >= 11 is 5.82. The summed E-state index contributed by atoms with van der Waals surface area (Å²) in [6, 6.07) is 22.8. The number of hydrazone groups is 1. The van der Waals surface area contributed by atoms with E-state index in [1.807, 2.05) is 36.4 Å². The molecule has 0 heterocycles. The molecule has 0 aliphatic carbocycles. The number of carbonyl (C=O) groups excluding carboxylic acids is 1. The molecular weight excluding hydrogens is 320 g/mol. The van der Waals surface area contributed by atoms with Crippen LogP contribution in [0.25, 0.3) is 16.8 Å². The van der Waals surface area contributed by atoms with E-state index in [0.717, 1.165) is 21.9 Å². The molecule has 3 aromatic carbocycles. The second-order valence-corrected chi connectivity index (χ2v) is 5.47. The van der Waals surface area contributed by atoms with Gasteiger partial charge in [0.15, 0.2) is 0 Å². The first-order chi connectivity index (χ1) is 11.7. The topological polar surface area (TPSA) is 41.5 Å². The highest BCUT2D eigenvalue weighted by atomic mass is 35.5. The van der Waals surface area contributed by atoms with Crippen molar-refractivity contribution in [1.82, 2.24) is 5.43 Å². The molecule has 0 saturated carbocycles. The highest BCUT2D eigenvalue weighted by Crippen LogP contribution is 2.14. The zero-order chi connectivity index (χ0) is 16.8. The fraction of sp³-hybridized carbons (Fsp3) is 0. The normalized spacial score (nSPS) is 11.0. The molecule has 0 spiro atoms. The molecule has 0 fully saturated rings. The van der Waals surface area contributed by atoms with E-state index >= 15 is 0 Å². The van der Waals surface area contributed by atoms with Crippen molar-refractivity contribution in [1.29, 1.82) is 0 Å². The maximum atomic E-state index is 11.8. The molecular formula is C20H13ClN2O. The van der Waals surface area contributed by atoms with Crippen LogP contribution in [-0.2, 0) is 4.79 Å². The second kappa shape index (κ2) is 7.45. The molecule has 3 rings (SSSR count). The number of carbonyl (C=O) groups is 1. The van der Waals surface area contributed by atoms with E-state index in [1.54, 1.807) is 30.5 Å². The first-order valence-corrected chi connectivity index (χ1v) is 7.68. The Morgan fingerprint density at radius 2 is 1.92 bits per heavy atom. The standard InChI is InChI=1S/C20H13ClN2O/c21-18-11-8-15(9-12-18)10-13-20(24)23-22-14-17-6-3-5-16-4-1-2-7-19(16)17/h1-2,4,6-14H,(H,23,24)/b13-10+,22-14-. The van der Waals surface area contributed by atoms with Gasteiger partial charge in [0.2, 0.25) is 0 Å². The summed E-state index contributed by atoms with van der Waals surface area (Å²) < 4.78 is 0. The van der Waals surface area contributed by atoms with E-state index in [-0.39, 0.29) is 5.91 Å². The number of halogens is 1. The van der Waals surface area contributed by atoms with E-state index in [0.29, 0.717) is 5.02 Å². The number of amides is 1. The average Bonchev–Trinajstić information content (AvgIpc) is 2.61. The maximum Gasteiger partial charge on any atom is 0.264 e. The van der Waals surface area contributed by atoms with Gasteiger partial charge in [0, 0.05) is 22.0 Å². The zero-order valence-electron chi connectivity index (χ0n) is 12.7. The third-order valence-corrected chi connectivity index (χ3v) is 3.60. The van der Waals surface area contributed by atoms with Crippen LogP contribution in [-0.4, -0.2) is 12.1 Å². The van der Waals surface area contributed by atoms with Crippen molar-refractivity contribution in [3.63, 3.8) is 0 Å². The van der Waals surface area contributed by atoms with Crippen molar-refractivity contribution in [3.8, 4) is 0 Å². The summed E-state index contributed by atoms with van der Waals surface area (Å²) in [4.78, 5) is 11.8. The van der Waals surface area contributed by atoms with E-state index in [2.05, 4.69) is 22.7 Å². The van der Waals surface area contributed by atoms with E-state index in [1.165, 1.54) is 6.08 Å². The molecule has 4 heteroatoms. The smallest absolute Gasteiger partial charge is 0.264 e. The molecule has 0 radical (unpaired) electrons.